The maximum atomic E-state index is 11.8. The average Bonchev–Trinajstić information content (AvgIpc) is 3.19. The maximum Gasteiger partial charge on any atom is 0.307 e. The fourth-order valence-corrected chi connectivity index (χ4v) is 2.13. The number of carboxylic acid groups (broad SMARTS) is 1. The molecule has 3 N–H and O–H groups in total. The second kappa shape index (κ2) is 5.84. The summed E-state index contributed by atoms with van der Waals surface area (Å²) >= 11 is 0. The van der Waals surface area contributed by atoms with Crippen molar-refractivity contribution in [3.63, 3.8) is 0 Å². The lowest BCUT2D eigenvalue weighted by atomic mass is 10.1. The van der Waals surface area contributed by atoms with E-state index in [9.17, 15) is 14.7 Å². The first kappa shape index (κ1) is 13.5. The van der Waals surface area contributed by atoms with Crippen molar-refractivity contribution in [2.45, 2.75) is 18.9 Å². The van der Waals surface area contributed by atoms with Crippen LogP contribution in [0.1, 0.15) is 12.0 Å². The van der Waals surface area contributed by atoms with Gasteiger partial charge in [-0.1, -0.05) is 30.3 Å². The molecule has 1 fully saturated rings. The topological polar surface area (TPSA) is 86.6 Å². The van der Waals surface area contributed by atoms with Crippen LogP contribution >= 0.6 is 0 Å². The van der Waals surface area contributed by atoms with E-state index in [0.29, 0.717) is 12.8 Å². The zero-order valence-electron chi connectivity index (χ0n) is 10.5. The summed E-state index contributed by atoms with van der Waals surface area (Å²) in [5.74, 6) is -2.20. The molecule has 2 rings (SSSR count). The third-order valence-corrected chi connectivity index (χ3v) is 3.34. The largest absolute Gasteiger partial charge is 0.481 e. The first-order valence-electron chi connectivity index (χ1n) is 6.29. The van der Waals surface area contributed by atoms with E-state index < -0.39 is 17.8 Å². The van der Waals surface area contributed by atoms with Crippen molar-refractivity contribution in [3.8, 4) is 0 Å². The van der Waals surface area contributed by atoms with E-state index in [0.717, 1.165) is 5.56 Å². The van der Waals surface area contributed by atoms with E-state index in [1.54, 1.807) is 0 Å². The highest BCUT2D eigenvalue weighted by Crippen LogP contribution is 2.38. The van der Waals surface area contributed by atoms with Gasteiger partial charge in [-0.25, -0.2) is 0 Å². The molecule has 0 unspecified atom stereocenters. The molecule has 1 aromatic rings. The van der Waals surface area contributed by atoms with Crippen molar-refractivity contribution < 1.29 is 19.8 Å². The van der Waals surface area contributed by atoms with Crippen LogP contribution < -0.4 is 5.32 Å². The normalized spacial score (nSPS) is 22.6. The van der Waals surface area contributed by atoms with Gasteiger partial charge in [0.05, 0.1) is 24.5 Å². The van der Waals surface area contributed by atoms with Crippen molar-refractivity contribution in [2.24, 2.45) is 11.8 Å². The molecular weight excluding hydrogens is 246 g/mol. The van der Waals surface area contributed by atoms with Gasteiger partial charge in [0.25, 0.3) is 0 Å². The van der Waals surface area contributed by atoms with Gasteiger partial charge < -0.3 is 15.5 Å². The van der Waals surface area contributed by atoms with Crippen molar-refractivity contribution in [1.29, 1.82) is 0 Å². The molecular formula is C14H17NO4. The SMILES string of the molecule is O=C(O)[C@H]1C[C@H]1C(=O)N[C@@H](CO)Cc1ccccc1. The Labute approximate surface area is 111 Å². The van der Waals surface area contributed by atoms with Gasteiger partial charge in [-0.2, -0.15) is 0 Å². The number of aliphatic hydroxyl groups excluding tert-OH is 1. The minimum absolute atomic E-state index is 0.162. The molecule has 0 radical (unpaired) electrons. The Morgan fingerprint density at radius 3 is 2.47 bits per heavy atom. The highest BCUT2D eigenvalue weighted by atomic mass is 16.4. The predicted octanol–water partition coefficient (Wildman–Crippen LogP) is 0.427. The summed E-state index contributed by atoms with van der Waals surface area (Å²) in [6.07, 6.45) is 0.929. The van der Waals surface area contributed by atoms with E-state index in [1.165, 1.54) is 0 Å². The fraction of sp³-hybridized carbons (Fsp3) is 0.429. The lowest BCUT2D eigenvalue weighted by molar-refractivity contribution is -0.140. The van der Waals surface area contributed by atoms with E-state index in [2.05, 4.69) is 5.32 Å². The number of carbonyl (C=O) groups excluding carboxylic acids is 1. The number of aliphatic hydroxyl groups is 1. The third kappa shape index (κ3) is 3.54. The number of benzene rings is 1. The Morgan fingerprint density at radius 1 is 1.26 bits per heavy atom. The highest BCUT2D eigenvalue weighted by Gasteiger charge is 2.48. The van der Waals surface area contributed by atoms with Crippen LogP contribution in [0.5, 0.6) is 0 Å². The molecule has 0 saturated heterocycles. The van der Waals surface area contributed by atoms with Gasteiger partial charge >= 0.3 is 5.97 Å². The molecule has 1 amide bonds. The Hall–Kier alpha value is -1.88. The summed E-state index contributed by atoms with van der Waals surface area (Å²) in [4.78, 5) is 22.5. The van der Waals surface area contributed by atoms with Crippen LogP contribution in [-0.2, 0) is 16.0 Å². The lowest BCUT2D eigenvalue weighted by Crippen LogP contribution is -2.40. The summed E-state index contributed by atoms with van der Waals surface area (Å²) in [7, 11) is 0. The molecule has 1 aromatic carbocycles. The molecule has 5 heteroatoms. The van der Waals surface area contributed by atoms with Crippen LogP contribution in [-0.4, -0.2) is 34.7 Å². The second-order valence-corrected chi connectivity index (χ2v) is 4.86. The first-order valence-corrected chi connectivity index (χ1v) is 6.29. The number of hydrogen-bond acceptors (Lipinski definition) is 3. The first-order chi connectivity index (χ1) is 9.11. The minimum atomic E-state index is -0.927. The molecule has 0 heterocycles. The lowest BCUT2D eigenvalue weighted by Gasteiger charge is -2.16. The summed E-state index contributed by atoms with van der Waals surface area (Å²) in [6, 6.07) is 9.17. The van der Waals surface area contributed by atoms with Crippen molar-refractivity contribution in [1.82, 2.24) is 5.32 Å². The molecule has 0 aliphatic heterocycles. The molecule has 0 spiro atoms. The van der Waals surface area contributed by atoms with Gasteiger partial charge in [-0.15, -0.1) is 0 Å². The average molecular weight is 263 g/mol. The Balaban J connectivity index is 1.86. The fourth-order valence-electron chi connectivity index (χ4n) is 2.13. The van der Waals surface area contributed by atoms with Crippen LogP contribution in [0.3, 0.4) is 0 Å². The smallest absolute Gasteiger partial charge is 0.307 e. The number of nitrogens with one attached hydrogen (secondary N) is 1. The molecule has 102 valence electrons. The van der Waals surface area contributed by atoms with E-state index in [-0.39, 0.29) is 18.6 Å². The molecule has 0 aromatic heterocycles. The van der Waals surface area contributed by atoms with Gasteiger partial charge in [-0.05, 0) is 18.4 Å². The highest BCUT2D eigenvalue weighted by molar-refractivity contribution is 5.89. The van der Waals surface area contributed by atoms with Gasteiger partial charge in [0.15, 0.2) is 0 Å². The number of amides is 1. The summed E-state index contributed by atoms with van der Waals surface area (Å²) in [6.45, 7) is -0.162. The second-order valence-electron chi connectivity index (χ2n) is 4.86. The van der Waals surface area contributed by atoms with Crippen LogP contribution in [0.25, 0.3) is 0 Å². The van der Waals surface area contributed by atoms with Crippen molar-refractivity contribution in [3.05, 3.63) is 35.9 Å². The van der Waals surface area contributed by atoms with Crippen LogP contribution in [0.15, 0.2) is 30.3 Å². The van der Waals surface area contributed by atoms with E-state index in [1.807, 2.05) is 30.3 Å². The molecule has 1 saturated carbocycles. The van der Waals surface area contributed by atoms with E-state index in [4.69, 9.17) is 5.11 Å². The summed E-state index contributed by atoms with van der Waals surface area (Å²) in [5.41, 5.74) is 1.02. The number of carbonyl (C=O) groups is 2. The van der Waals surface area contributed by atoms with Crippen LogP contribution in [0, 0.1) is 11.8 Å². The van der Waals surface area contributed by atoms with Crippen LogP contribution in [0.4, 0.5) is 0 Å². The monoisotopic (exact) mass is 263 g/mol. The number of rotatable bonds is 6. The maximum absolute atomic E-state index is 11.8. The van der Waals surface area contributed by atoms with Crippen LogP contribution in [0.2, 0.25) is 0 Å². The zero-order valence-corrected chi connectivity index (χ0v) is 10.5. The molecule has 5 nitrogen and oxygen atoms in total. The Kier molecular flexibility index (Phi) is 4.16. The van der Waals surface area contributed by atoms with Crippen molar-refractivity contribution in [2.75, 3.05) is 6.61 Å². The molecule has 1 aliphatic carbocycles. The predicted molar refractivity (Wildman–Crippen MR) is 68.4 cm³/mol. The Morgan fingerprint density at radius 2 is 1.95 bits per heavy atom. The molecule has 0 bridgehead atoms. The number of aliphatic carboxylic acids is 1. The summed E-state index contributed by atoms with van der Waals surface area (Å²) in [5, 5.41) is 20.8. The number of hydrogen-bond donors (Lipinski definition) is 3. The van der Waals surface area contributed by atoms with Gasteiger partial charge in [0.1, 0.15) is 0 Å². The standard InChI is InChI=1S/C14H17NO4/c16-8-10(6-9-4-2-1-3-5-9)15-13(17)11-7-12(11)14(18)19/h1-5,10-12,16H,6-8H2,(H,15,17)(H,18,19)/t10-,11-,12+/m1/s1. The van der Waals surface area contributed by atoms with Gasteiger partial charge in [-0.3, -0.25) is 9.59 Å². The Bertz CT molecular complexity index is 460. The molecule has 1 aliphatic rings. The quantitative estimate of drug-likeness (QED) is 0.694. The van der Waals surface area contributed by atoms with E-state index >= 15 is 0 Å². The van der Waals surface area contributed by atoms with Gasteiger partial charge in [0.2, 0.25) is 5.91 Å². The molecule has 3 atom stereocenters. The molecule has 19 heavy (non-hydrogen) atoms. The number of carboxylic acids is 1. The van der Waals surface area contributed by atoms with Gasteiger partial charge in [0, 0.05) is 0 Å². The summed E-state index contributed by atoms with van der Waals surface area (Å²) < 4.78 is 0. The zero-order chi connectivity index (χ0) is 13.8. The minimum Gasteiger partial charge on any atom is -0.481 e. The third-order valence-electron chi connectivity index (χ3n) is 3.34. The van der Waals surface area contributed by atoms with Crippen molar-refractivity contribution >= 4 is 11.9 Å².